The molecule has 3 N–H and O–H groups in total. The Hall–Kier alpha value is -1.30. The number of nitrogens with one attached hydrogen (secondary N) is 1. The van der Waals surface area contributed by atoms with E-state index < -0.39 is 11.6 Å². The summed E-state index contributed by atoms with van der Waals surface area (Å²) in [6.45, 7) is 7.40. The Morgan fingerprint density at radius 2 is 2.00 bits per heavy atom. The second kappa shape index (κ2) is 7.99. The fourth-order valence-electron chi connectivity index (χ4n) is 1.67. The summed E-state index contributed by atoms with van der Waals surface area (Å²) in [5, 5.41) is 3.10. The predicted octanol–water partition coefficient (Wildman–Crippen LogP) is 2.15. The molecule has 1 rings (SSSR count). The van der Waals surface area contributed by atoms with E-state index >= 15 is 0 Å². The number of halogens is 2. The molecule has 0 spiro atoms. The quantitative estimate of drug-likeness (QED) is 0.562. The molecule has 0 aliphatic heterocycles. The van der Waals surface area contributed by atoms with Crippen LogP contribution in [0.25, 0.3) is 0 Å². The SMILES string of the molecule is C=C(C)COCCNC(CN)c1cc(F)cc(F)c1. The van der Waals surface area contributed by atoms with Gasteiger partial charge < -0.3 is 15.8 Å². The maximum atomic E-state index is 13.1. The molecule has 19 heavy (non-hydrogen) atoms. The Morgan fingerprint density at radius 1 is 1.37 bits per heavy atom. The largest absolute Gasteiger partial charge is 0.376 e. The zero-order valence-corrected chi connectivity index (χ0v) is 11.1. The first-order valence-electron chi connectivity index (χ1n) is 6.14. The normalized spacial score (nSPS) is 12.4. The third-order valence-corrected chi connectivity index (χ3v) is 2.51. The van der Waals surface area contributed by atoms with Crippen molar-refractivity contribution in [2.75, 3.05) is 26.3 Å². The molecule has 0 saturated carbocycles. The zero-order chi connectivity index (χ0) is 14.3. The van der Waals surface area contributed by atoms with Gasteiger partial charge in [0.25, 0.3) is 0 Å². The Balaban J connectivity index is 2.46. The van der Waals surface area contributed by atoms with Crippen LogP contribution in [0.1, 0.15) is 18.5 Å². The smallest absolute Gasteiger partial charge is 0.126 e. The lowest BCUT2D eigenvalue weighted by Crippen LogP contribution is -2.31. The topological polar surface area (TPSA) is 47.3 Å². The summed E-state index contributed by atoms with van der Waals surface area (Å²) >= 11 is 0. The van der Waals surface area contributed by atoms with Crippen LogP contribution in [-0.4, -0.2) is 26.3 Å². The monoisotopic (exact) mass is 270 g/mol. The van der Waals surface area contributed by atoms with Gasteiger partial charge in [-0.2, -0.15) is 0 Å². The van der Waals surface area contributed by atoms with Crippen molar-refractivity contribution in [2.45, 2.75) is 13.0 Å². The summed E-state index contributed by atoms with van der Waals surface area (Å²) in [6, 6.07) is 3.11. The van der Waals surface area contributed by atoms with Crippen LogP contribution in [0.2, 0.25) is 0 Å². The maximum Gasteiger partial charge on any atom is 0.126 e. The maximum absolute atomic E-state index is 13.1. The van der Waals surface area contributed by atoms with Crippen molar-refractivity contribution in [3.63, 3.8) is 0 Å². The van der Waals surface area contributed by atoms with Crippen LogP contribution in [0.15, 0.2) is 30.4 Å². The fraction of sp³-hybridized carbons (Fsp3) is 0.429. The lowest BCUT2D eigenvalue weighted by Gasteiger charge is -2.17. The van der Waals surface area contributed by atoms with Gasteiger partial charge in [0.2, 0.25) is 0 Å². The minimum atomic E-state index is -0.603. The van der Waals surface area contributed by atoms with E-state index in [-0.39, 0.29) is 12.6 Å². The molecule has 1 aromatic rings. The van der Waals surface area contributed by atoms with Crippen LogP contribution in [0, 0.1) is 11.6 Å². The molecule has 106 valence electrons. The molecule has 0 bridgehead atoms. The average Bonchev–Trinajstić information content (AvgIpc) is 2.32. The van der Waals surface area contributed by atoms with Gasteiger partial charge >= 0.3 is 0 Å². The van der Waals surface area contributed by atoms with Crippen LogP contribution in [-0.2, 0) is 4.74 Å². The first-order valence-corrected chi connectivity index (χ1v) is 6.14. The average molecular weight is 270 g/mol. The molecule has 1 atom stereocenters. The molecule has 0 amide bonds. The third kappa shape index (κ3) is 5.92. The molecule has 1 unspecified atom stereocenters. The van der Waals surface area contributed by atoms with Crippen molar-refractivity contribution in [2.24, 2.45) is 5.73 Å². The van der Waals surface area contributed by atoms with E-state index in [1.54, 1.807) is 0 Å². The molecule has 0 aliphatic rings. The van der Waals surface area contributed by atoms with Crippen LogP contribution < -0.4 is 11.1 Å². The molecule has 3 nitrogen and oxygen atoms in total. The van der Waals surface area contributed by atoms with Crippen molar-refractivity contribution < 1.29 is 13.5 Å². The van der Waals surface area contributed by atoms with E-state index in [1.165, 1.54) is 12.1 Å². The van der Waals surface area contributed by atoms with E-state index in [2.05, 4.69) is 11.9 Å². The van der Waals surface area contributed by atoms with Gasteiger partial charge in [-0.05, 0) is 24.6 Å². The minimum Gasteiger partial charge on any atom is -0.376 e. The highest BCUT2D eigenvalue weighted by atomic mass is 19.1. The van der Waals surface area contributed by atoms with Gasteiger partial charge in [0, 0.05) is 25.2 Å². The molecule has 0 aliphatic carbocycles. The van der Waals surface area contributed by atoms with Crippen LogP contribution >= 0.6 is 0 Å². The van der Waals surface area contributed by atoms with Gasteiger partial charge in [-0.25, -0.2) is 8.78 Å². The van der Waals surface area contributed by atoms with E-state index in [0.717, 1.165) is 11.6 Å². The summed E-state index contributed by atoms with van der Waals surface area (Å²) in [7, 11) is 0. The van der Waals surface area contributed by atoms with Crippen LogP contribution in [0.4, 0.5) is 8.78 Å². The second-order valence-corrected chi connectivity index (χ2v) is 4.45. The molecule has 0 radical (unpaired) electrons. The second-order valence-electron chi connectivity index (χ2n) is 4.45. The van der Waals surface area contributed by atoms with E-state index in [0.29, 0.717) is 25.3 Å². The van der Waals surface area contributed by atoms with Gasteiger partial charge in [0.1, 0.15) is 11.6 Å². The summed E-state index contributed by atoms with van der Waals surface area (Å²) in [4.78, 5) is 0. The first kappa shape index (κ1) is 15.8. The Bertz CT molecular complexity index is 404. The molecular weight excluding hydrogens is 250 g/mol. The third-order valence-electron chi connectivity index (χ3n) is 2.51. The summed E-state index contributed by atoms with van der Waals surface area (Å²) < 4.78 is 31.5. The molecule has 1 aromatic carbocycles. The lowest BCUT2D eigenvalue weighted by atomic mass is 10.1. The molecular formula is C14H20F2N2O. The summed E-state index contributed by atoms with van der Waals surface area (Å²) in [6.07, 6.45) is 0. The number of benzene rings is 1. The summed E-state index contributed by atoms with van der Waals surface area (Å²) in [5.74, 6) is -1.21. The molecule has 0 saturated heterocycles. The molecule has 5 heteroatoms. The van der Waals surface area contributed by atoms with Crippen molar-refractivity contribution in [3.05, 3.63) is 47.5 Å². The highest BCUT2D eigenvalue weighted by Gasteiger charge is 2.11. The Morgan fingerprint density at radius 3 is 2.53 bits per heavy atom. The standard InChI is InChI=1S/C14H20F2N2O/c1-10(2)9-19-4-3-18-14(8-17)11-5-12(15)7-13(16)6-11/h5-7,14,18H,1,3-4,8-9,17H2,2H3. The Labute approximate surface area is 112 Å². The van der Waals surface area contributed by atoms with Crippen LogP contribution in [0.5, 0.6) is 0 Å². The van der Waals surface area contributed by atoms with Crippen molar-refractivity contribution in [3.8, 4) is 0 Å². The fourth-order valence-corrected chi connectivity index (χ4v) is 1.67. The van der Waals surface area contributed by atoms with Gasteiger partial charge in [-0.1, -0.05) is 12.2 Å². The van der Waals surface area contributed by atoms with Gasteiger partial charge in [0.05, 0.1) is 13.2 Å². The molecule has 0 aromatic heterocycles. The lowest BCUT2D eigenvalue weighted by molar-refractivity contribution is 0.155. The van der Waals surface area contributed by atoms with Crippen molar-refractivity contribution >= 4 is 0 Å². The van der Waals surface area contributed by atoms with Crippen molar-refractivity contribution in [1.29, 1.82) is 0 Å². The first-order chi connectivity index (χ1) is 9.02. The summed E-state index contributed by atoms with van der Waals surface area (Å²) in [5.41, 5.74) is 7.05. The number of rotatable bonds is 8. The van der Waals surface area contributed by atoms with E-state index in [9.17, 15) is 8.78 Å². The van der Waals surface area contributed by atoms with Gasteiger partial charge in [-0.3, -0.25) is 0 Å². The molecule has 0 fully saturated rings. The highest BCUT2D eigenvalue weighted by Crippen LogP contribution is 2.15. The zero-order valence-electron chi connectivity index (χ0n) is 11.1. The Kier molecular flexibility index (Phi) is 6.62. The van der Waals surface area contributed by atoms with Crippen LogP contribution in [0.3, 0.4) is 0 Å². The van der Waals surface area contributed by atoms with Crippen molar-refractivity contribution in [1.82, 2.24) is 5.32 Å². The number of hydrogen-bond acceptors (Lipinski definition) is 3. The van der Waals surface area contributed by atoms with Gasteiger partial charge in [0.15, 0.2) is 0 Å². The number of hydrogen-bond donors (Lipinski definition) is 2. The van der Waals surface area contributed by atoms with E-state index in [4.69, 9.17) is 10.5 Å². The minimum absolute atomic E-state index is 0.253. The number of ether oxygens (including phenoxy) is 1. The van der Waals surface area contributed by atoms with Gasteiger partial charge in [-0.15, -0.1) is 0 Å². The number of nitrogens with two attached hydrogens (primary N) is 1. The predicted molar refractivity (Wildman–Crippen MR) is 71.8 cm³/mol. The highest BCUT2D eigenvalue weighted by molar-refractivity contribution is 5.21. The molecule has 0 heterocycles. The van der Waals surface area contributed by atoms with E-state index in [1.807, 2.05) is 6.92 Å².